The maximum absolute atomic E-state index is 5.89. The quantitative estimate of drug-likeness (QED) is 0.843. The number of hydrogen-bond acceptors (Lipinski definition) is 6. The number of aromatic nitrogens is 2. The van der Waals surface area contributed by atoms with E-state index in [1.54, 1.807) is 0 Å². The Morgan fingerprint density at radius 1 is 1.50 bits per heavy atom. The fourth-order valence-corrected chi connectivity index (χ4v) is 1.94. The third kappa shape index (κ3) is 3.76. The molecule has 0 radical (unpaired) electrons. The van der Waals surface area contributed by atoms with Gasteiger partial charge in [0, 0.05) is 19.5 Å². The van der Waals surface area contributed by atoms with Gasteiger partial charge >= 0.3 is 0 Å². The van der Waals surface area contributed by atoms with Crippen LogP contribution in [0.4, 0.5) is 0 Å². The van der Waals surface area contributed by atoms with Crippen LogP contribution in [0.5, 0.6) is 0 Å². The molecule has 6 nitrogen and oxygen atoms in total. The van der Waals surface area contributed by atoms with Crippen LogP contribution in [0.15, 0.2) is 4.52 Å². The van der Waals surface area contributed by atoms with Crippen LogP contribution in [0.2, 0.25) is 0 Å². The van der Waals surface area contributed by atoms with E-state index in [0.29, 0.717) is 24.9 Å². The largest absolute Gasteiger partial charge is 0.371 e. The zero-order valence-corrected chi connectivity index (χ0v) is 11.2. The summed E-state index contributed by atoms with van der Waals surface area (Å²) >= 11 is 0. The van der Waals surface area contributed by atoms with Crippen molar-refractivity contribution in [2.24, 2.45) is 0 Å². The molecule has 6 heteroatoms. The van der Waals surface area contributed by atoms with Gasteiger partial charge in [-0.05, 0) is 13.8 Å². The number of aryl methyl sites for hydroxylation is 1. The number of morpholine rings is 1. The van der Waals surface area contributed by atoms with E-state index in [-0.39, 0.29) is 11.7 Å². The molecule has 0 aromatic carbocycles. The normalized spacial score (nSPS) is 23.2. The van der Waals surface area contributed by atoms with E-state index in [1.165, 1.54) is 0 Å². The van der Waals surface area contributed by atoms with E-state index in [0.717, 1.165) is 19.5 Å². The van der Waals surface area contributed by atoms with Gasteiger partial charge in [0.15, 0.2) is 5.82 Å². The Bertz CT molecular complexity index is 378. The molecule has 1 N–H and O–H groups in total. The molecule has 2 heterocycles. The van der Waals surface area contributed by atoms with Crippen molar-refractivity contribution in [3.05, 3.63) is 11.7 Å². The summed E-state index contributed by atoms with van der Waals surface area (Å²) in [5.74, 6) is 1.24. The first-order chi connectivity index (χ1) is 8.59. The molecule has 0 aliphatic carbocycles. The minimum absolute atomic E-state index is 0.0753. The van der Waals surface area contributed by atoms with Crippen LogP contribution in [0, 0.1) is 0 Å². The summed E-state index contributed by atoms with van der Waals surface area (Å²) in [6.45, 7) is 8.69. The molecule has 1 aliphatic heterocycles. The Balaban J connectivity index is 1.71. The number of hydrogen-bond donors (Lipinski definition) is 1. The highest BCUT2D eigenvalue weighted by atomic mass is 16.5. The second-order valence-electron chi connectivity index (χ2n) is 5.10. The summed E-state index contributed by atoms with van der Waals surface area (Å²) in [6, 6.07) is 0. The molecule has 1 aliphatic rings. The first-order valence-electron chi connectivity index (χ1n) is 6.37. The van der Waals surface area contributed by atoms with Crippen LogP contribution in [-0.4, -0.2) is 41.5 Å². The summed E-state index contributed by atoms with van der Waals surface area (Å²) < 4.78 is 16.5. The lowest BCUT2D eigenvalue weighted by Gasteiger charge is -2.36. The lowest BCUT2D eigenvalue weighted by atomic mass is 10.1. The van der Waals surface area contributed by atoms with E-state index < -0.39 is 0 Å². The van der Waals surface area contributed by atoms with Crippen LogP contribution >= 0.6 is 0 Å². The molecule has 0 bridgehead atoms. The van der Waals surface area contributed by atoms with Gasteiger partial charge in [0.25, 0.3) is 0 Å². The lowest BCUT2D eigenvalue weighted by Crippen LogP contribution is -2.51. The van der Waals surface area contributed by atoms with Gasteiger partial charge < -0.3 is 19.3 Å². The Kier molecular flexibility index (Phi) is 4.31. The second-order valence-corrected chi connectivity index (χ2v) is 5.10. The van der Waals surface area contributed by atoms with E-state index in [9.17, 15) is 0 Å². The van der Waals surface area contributed by atoms with Gasteiger partial charge in [-0.15, -0.1) is 0 Å². The highest BCUT2D eigenvalue weighted by Gasteiger charge is 2.28. The molecule has 102 valence electrons. The number of rotatable bonds is 5. The summed E-state index contributed by atoms with van der Waals surface area (Å²) in [4.78, 5) is 4.18. The summed E-state index contributed by atoms with van der Waals surface area (Å²) in [7, 11) is 0. The molecule has 1 aromatic heterocycles. The van der Waals surface area contributed by atoms with Gasteiger partial charge in [-0.1, -0.05) is 12.1 Å². The maximum atomic E-state index is 5.89. The topological polar surface area (TPSA) is 69.4 Å². The second kappa shape index (κ2) is 5.77. The van der Waals surface area contributed by atoms with Gasteiger partial charge in [-0.2, -0.15) is 4.98 Å². The van der Waals surface area contributed by atoms with Crippen LogP contribution in [-0.2, 0) is 22.5 Å². The van der Waals surface area contributed by atoms with Gasteiger partial charge in [0.2, 0.25) is 5.89 Å². The molecule has 0 amide bonds. The minimum atomic E-state index is -0.131. The van der Waals surface area contributed by atoms with Crippen LogP contribution in [0.3, 0.4) is 0 Å². The SMILES string of the molecule is CCc1nc(COCC2CNCC(C)(C)O2)no1. The molecule has 1 atom stereocenters. The summed E-state index contributed by atoms with van der Waals surface area (Å²) in [5.41, 5.74) is -0.131. The predicted octanol–water partition coefficient (Wildman–Crippen LogP) is 0.916. The first-order valence-corrected chi connectivity index (χ1v) is 6.37. The summed E-state index contributed by atoms with van der Waals surface area (Å²) in [5, 5.41) is 7.16. The van der Waals surface area contributed by atoms with Gasteiger partial charge in [-0.3, -0.25) is 0 Å². The molecule has 2 rings (SSSR count). The third-order valence-corrected chi connectivity index (χ3v) is 2.76. The predicted molar refractivity (Wildman–Crippen MR) is 65.2 cm³/mol. The van der Waals surface area contributed by atoms with Crippen molar-refractivity contribution in [3.63, 3.8) is 0 Å². The van der Waals surface area contributed by atoms with Gasteiger partial charge in [0.05, 0.1) is 18.3 Å². The van der Waals surface area contributed by atoms with Gasteiger partial charge in [0.1, 0.15) is 6.61 Å². The van der Waals surface area contributed by atoms with E-state index in [4.69, 9.17) is 14.0 Å². The molecule has 1 saturated heterocycles. The standard InChI is InChI=1S/C12H21N3O3/c1-4-11-14-10(15-18-11)7-16-6-9-5-13-8-12(2,3)17-9/h9,13H,4-8H2,1-3H3. The first kappa shape index (κ1) is 13.5. The smallest absolute Gasteiger partial charge is 0.226 e. The molecule has 1 aromatic rings. The lowest BCUT2D eigenvalue weighted by molar-refractivity contribution is -0.122. The molecule has 0 saturated carbocycles. The van der Waals surface area contributed by atoms with Crippen LogP contribution in [0.25, 0.3) is 0 Å². The number of nitrogens with zero attached hydrogens (tertiary/aromatic N) is 2. The van der Waals surface area contributed by atoms with Crippen molar-refractivity contribution in [2.75, 3.05) is 19.7 Å². The van der Waals surface area contributed by atoms with Crippen LogP contribution in [0.1, 0.15) is 32.5 Å². The fourth-order valence-electron chi connectivity index (χ4n) is 1.94. The zero-order valence-electron chi connectivity index (χ0n) is 11.2. The minimum Gasteiger partial charge on any atom is -0.371 e. The van der Waals surface area contributed by atoms with Gasteiger partial charge in [-0.25, -0.2) is 0 Å². The highest BCUT2D eigenvalue weighted by molar-refractivity contribution is 4.84. The van der Waals surface area contributed by atoms with Crippen LogP contribution < -0.4 is 5.32 Å². The van der Waals surface area contributed by atoms with Crippen molar-refractivity contribution >= 4 is 0 Å². The molecule has 1 unspecified atom stereocenters. The Morgan fingerprint density at radius 2 is 2.33 bits per heavy atom. The number of ether oxygens (including phenoxy) is 2. The Labute approximate surface area is 107 Å². The fraction of sp³-hybridized carbons (Fsp3) is 0.833. The number of nitrogens with one attached hydrogen (secondary N) is 1. The highest BCUT2D eigenvalue weighted by Crippen LogP contribution is 2.15. The molecular formula is C12H21N3O3. The van der Waals surface area contributed by atoms with Crippen molar-refractivity contribution in [2.45, 2.75) is 45.5 Å². The summed E-state index contributed by atoms with van der Waals surface area (Å²) in [6.07, 6.45) is 0.822. The zero-order chi connectivity index (χ0) is 13.0. The van der Waals surface area contributed by atoms with Crippen molar-refractivity contribution in [3.8, 4) is 0 Å². The molecular weight excluding hydrogens is 234 g/mol. The van der Waals surface area contributed by atoms with Crippen molar-refractivity contribution < 1.29 is 14.0 Å². The molecule has 1 fully saturated rings. The third-order valence-electron chi connectivity index (χ3n) is 2.76. The van der Waals surface area contributed by atoms with Crippen molar-refractivity contribution in [1.82, 2.24) is 15.5 Å². The molecule has 0 spiro atoms. The van der Waals surface area contributed by atoms with E-state index in [1.807, 2.05) is 6.92 Å². The average Bonchev–Trinajstić information content (AvgIpc) is 2.76. The maximum Gasteiger partial charge on any atom is 0.226 e. The average molecular weight is 255 g/mol. The van der Waals surface area contributed by atoms with E-state index in [2.05, 4.69) is 29.3 Å². The van der Waals surface area contributed by atoms with Crippen molar-refractivity contribution in [1.29, 1.82) is 0 Å². The Morgan fingerprint density at radius 3 is 3.00 bits per heavy atom. The van der Waals surface area contributed by atoms with E-state index >= 15 is 0 Å². The Hall–Kier alpha value is -0.980. The molecule has 18 heavy (non-hydrogen) atoms. The monoisotopic (exact) mass is 255 g/mol.